The lowest BCUT2D eigenvalue weighted by Gasteiger charge is -2.10. The average molecular weight is 415 g/mol. The Hall–Kier alpha value is -3.97. The molecule has 4 aromatic rings. The molecule has 0 atom stereocenters. The quantitative estimate of drug-likeness (QED) is 0.442. The van der Waals surface area contributed by atoms with Gasteiger partial charge in [0.05, 0.1) is 12.3 Å². The second-order valence-electron chi connectivity index (χ2n) is 7.01. The second-order valence-corrected chi connectivity index (χ2v) is 7.01. The second kappa shape index (κ2) is 8.81. The predicted octanol–water partition coefficient (Wildman–Crippen LogP) is 3.94. The standard InChI is InChI=1S/C24H21N3O4/c1-15-22-20(17(13-28)12-26-15)11-21(23(25)31-22)24(29)27-18-7-9-19(10-8-18)30-14-16-5-3-2-4-6-16/h2-12,25,28H,13-14H2,1H3,(H,27,29). The molecule has 0 aliphatic carbocycles. The summed E-state index contributed by atoms with van der Waals surface area (Å²) in [5, 5.41) is 21.0. The number of hydrogen-bond donors (Lipinski definition) is 3. The molecule has 31 heavy (non-hydrogen) atoms. The van der Waals surface area contributed by atoms with Gasteiger partial charge in [-0.1, -0.05) is 30.3 Å². The third-order valence-corrected chi connectivity index (χ3v) is 4.85. The maximum absolute atomic E-state index is 12.8. The number of carbonyl (C=O) groups is 1. The fraction of sp³-hybridized carbons (Fsp3) is 0.125. The number of amides is 1. The third kappa shape index (κ3) is 4.46. The summed E-state index contributed by atoms with van der Waals surface area (Å²) in [7, 11) is 0. The van der Waals surface area contributed by atoms with Crippen molar-refractivity contribution in [3.8, 4) is 5.75 Å². The van der Waals surface area contributed by atoms with Crippen molar-refractivity contribution in [3.05, 3.63) is 94.8 Å². The van der Waals surface area contributed by atoms with Gasteiger partial charge in [-0.25, -0.2) is 0 Å². The number of anilines is 1. The lowest BCUT2D eigenvalue weighted by molar-refractivity contribution is 0.102. The topological polar surface area (TPSA) is 108 Å². The summed E-state index contributed by atoms with van der Waals surface area (Å²) in [6.07, 6.45) is 1.53. The number of benzene rings is 2. The smallest absolute Gasteiger partial charge is 0.261 e. The number of carbonyl (C=O) groups excluding carboxylic acids is 1. The minimum absolute atomic E-state index is 0.0669. The normalized spacial score (nSPS) is 10.8. The van der Waals surface area contributed by atoms with Crippen LogP contribution >= 0.6 is 0 Å². The molecule has 7 nitrogen and oxygen atoms in total. The van der Waals surface area contributed by atoms with Gasteiger partial charge in [-0.3, -0.25) is 15.2 Å². The number of pyridine rings is 1. The number of aliphatic hydroxyl groups excluding tert-OH is 1. The van der Waals surface area contributed by atoms with Gasteiger partial charge in [0.1, 0.15) is 17.9 Å². The molecule has 0 saturated heterocycles. The summed E-state index contributed by atoms with van der Waals surface area (Å²) in [5.74, 6) is 0.200. The number of hydrogen-bond acceptors (Lipinski definition) is 6. The van der Waals surface area contributed by atoms with Gasteiger partial charge in [-0.15, -0.1) is 0 Å². The Morgan fingerprint density at radius 3 is 2.61 bits per heavy atom. The Bertz CT molecular complexity index is 1280. The molecular weight excluding hydrogens is 394 g/mol. The molecule has 3 N–H and O–H groups in total. The molecule has 0 spiro atoms. The minimum atomic E-state index is -0.480. The van der Waals surface area contributed by atoms with E-state index in [2.05, 4.69) is 10.3 Å². The first-order chi connectivity index (χ1) is 15.0. The molecule has 4 rings (SSSR count). The highest BCUT2D eigenvalue weighted by molar-refractivity contribution is 6.05. The van der Waals surface area contributed by atoms with E-state index in [0.29, 0.717) is 40.3 Å². The van der Waals surface area contributed by atoms with E-state index in [9.17, 15) is 9.90 Å². The number of nitrogens with zero attached hydrogens (tertiary/aromatic N) is 1. The molecule has 2 aromatic carbocycles. The van der Waals surface area contributed by atoms with Gasteiger partial charge in [-0.05, 0) is 42.8 Å². The van der Waals surface area contributed by atoms with Crippen LogP contribution in [-0.4, -0.2) is 16.0 Å². The first kappa shape index (κ1) is 20.3. The van der Waals surface area contributed by atoms with Crippen molar-refractivity contribution in [3.63, 3.8) is 0 Å². The Balaban J connectivity index is 1.51. The summed E-state index contributed by atoms with van der Waals surface area (Å²) in [4.78, 5) is 16.9. The van der Waals surface area contributed by atoms with E-state index in [1.54, 1.807) is 37.3 Å². The number of rotatable bonds is 6. The van der Waals surface area contributed by atoms with Crippen molar-refractivity contribution in [2.45, 2.75) is 20.1 Å². The highest BCUT2D eigenvalue weighted by Crippen LogP contribution is 2.22. The fourth-order valence-electron chi connectivity index (χ4n) is 3.17. The number of fused-ring (bicyclic) bond motifs is 1. The van der Waals surface area contributed by atoms with E-state index in [0.717, 1.165) is 5.56 Å². The van der Waals surface area contributed by atoms with Gasteiger partial charge in [0.25, 0.3) is 5.91 Å². The van der Waals surface area contributed by atoms with E-state index in [-0.39, 0.29) is 17.7 Å². The maximum atomic E-state index is 12.8. The molecule has 2 heterocycles. The molecule has 0 bridgehead atoms. The van der Waals surface area contributed by atoms with Crippen LogP contribution in [0.15, 0.2) is 71.3 Å². The van der Waals surface area contributed by atoms with Crippen LogP contribution in [0.4, 0.5) is 5.69 Å². The van der Waals surface area contributed by atoms with Gasteiger partial charge >= 0.3 is 0 Å². The van der Waals surface area contributed by atoms with Crippen LogP contribution in [0.1, 0.15) is 27.2 Å². The molecule has 0 fully saturated rings. The van der Waals surface area contributed by atoms with E-state index in [1.165, 1.54) is 6.20 Å². The van der Waals surface area contributed by atoms with Crippen LogP contribution < -0.4 is 15.6 Å². The van der Waals surface area contributed by atoms with Gasteiger partial charge < -0.3 is 19.6 Å². The zero-order chi connectivity index (χ0) is 21.8. The number of aliphatic hydroxyl groups is 1. The lowest BCUT2D eigenvalue weighted by Crippen LogP contribution is -2.21. The first-order valence-electron chi connectivity index (χ1n) is 9.71. The summed E-state index contributed by atoms with van der Waals surface area (Å²) >= 11 is 0. The summed E-state index contributed by atoms with van der Waals surface area (Å²) in [5.41, 5.74) is 2.91. The zero-order valence-electron chi connectivity index (χ0n) is 16.9. The van der Waals surface area contributed by atoms with Crippen LogP contribution in [0.2, 0.25) is 0 Å². The summed E-state index contributed by atoms with van der Waals surface area (Å²) < 4.78 is 11.3. The van der Waals surface area contributed by atoms with Crippen molar-refractivity contribution in [2.24, 2.45) is 0 Å². The average Bonchev–Trinajstić information content (AvgIpc) is 2.79. The molecule has 0 aliphatic heterocycles. The van der Waals surface area contributed by atoms with Crippen molar-refractivity contribution in [1.29, 1.82) is 5.41 Å². The summed E-state index contributed by atoms with van der Waals surface area (Å²) in [6, 6.07) is 18.4. The van der Waals surface area contributed by atoms with Crippen molar-refractivity contribution >= 4 is 22.6 Å². The van der Waals surface area contributed by atoms with E-state index >= 15 is 0 Å². The van der Waals surface area contributed by atoms with Gasteiger partial charge in [0.15, 0.2) is 5.58 Å². The van der Waals surface area contributed by atoms with Gasteiger partial charge in [0, 0.05) is 22.8 Å². The largest absolute Gasteiger partial charge is 0.489 e. The third-order valence-electron chi connectivity index (χ3n) is 4.85. The monoisotopic (exact) mass is 415 g/mol. The molecule has 1 amide bonds. The highest BCUT2D eigenvalue weighted by atomic mass is 16.5. The van der Waals surface area contributed by atoms with Crippen LogP contribution in [0.3, 0.4) is 0 Å². The number of aryl methyl sites for hydroxylation is 1. The molecule has 2 aromatic heterocycles. The van der Waals surface area contributed by atoms with Crippen LogP contribution in [0, 0.1) is 12.3 Å². The number of ether oxygens (including phenoxy) is 1. The fourth-order valence-corrected chi connectivity index (χ4v) is 3.17. The lowest BCUT2D eigenvalue weighted by atomic mass is 10.1. The molecule has 0 saturated carbocycles. The highest BCUT2D eigenvalue weighted by Gasteiger charge is 2.15. The maximum Gasteiger partial charge on any atom is 0.261 e. The van der Waals surface area contributed by atoms with Crippen molar-refractivity contribution in [2.75, 3.05) is 5.32 Å². The van der Waals surface area contributed by atoms with Crippen LogP contribution in [0.5, 0.6) is 5.75 Å². The predicted molar refractivity (Wildman–Crippen MR) is 116 cm³/mol. The van der Waals surface area contributed by atoms with Gasteiger partial charge in [0.2, 0.25) is 5.55 Å². The Morgan fingerprint density at radius 2 is 1.90 bits per heavy atom. The van der Waals surface area contributed by atoms with Gasteiger partial charge in [-0.2, -0.15) is 0 Å². The minimum Gasteiger partial charge on any atom is -0.489 e. The van der Waals surface area contributed by atoms with E-state index in [1.807, 2.05) is 30.3 Å². The first-order valence-corrected chi connectivity index (χ1v) is 9.71. The summed E-state index contributed by atoms with van der Waals surface area (Å²) in [6.45, 7) is 1.95. The van der Waals surface area contributed by atoms with E-state index < -0.39 is 5.91 Å². The van der Waals surface area contributed by atoms with E-state index in [4.69, 9.17) is 14.6 Å². The molecule has 156 valence electrons. The molecular formula is C24H21N3O4. The Morgan fingerprint density at radius 1 is 1.16 bits per heavy atom. The molecule has 0 radical (unpaired) electrons. The van der Waals surface area contributed by atoms with Crippen LogP contribution in [0.25, 0.3) is 11.0 Å². The van der Waals surface area contributed by atoms with Crippen LogP contribution in [-0.2, 0) is 13.2 Å². The van der Waals surface area contributed by atoms with Crippen molar-refractivity contribution in [1.82, 2.24) is 4.98 Å². The SMILES string of the molecule is Cc1ncc(CO)c2cc(C(=O)Nc3ccc(OCc4ccccc4)cc3)c(=N)oc12. The molecule has 0 aliphatic rings. The number of aromatic nitrogens is 1. The Labute approximate surface area is 178 Å². The Kier molecular flexibility index (Phi) is 5.77. The molecule has 7 heteroatoms. The van der Waals surface area contributed by atoms with Crippen molar-refractivity contribution < 1.29 is 19.1 Å². The number of nitrogens with one attached hydrogen (secondary N) is 2. The molecule has 0 unspecified atom stereocenters. The zero-order valence-corrected chi connectivity index (χ0v) is 16.9.